The molecule has 0 aromatic heterocycles. The van der Waals surface area contributed by atoms with Crippen LogP contribution in [0.25, 0.3) is 0 Å². The summed E-state index contributed by atoms with van der Waals surface area (Å²) in [7, 11) is 0. The molecule has 1 heterocycles. The molecule has 1 aliphatic rings. The highest BCUT2D eigenvalue weighted by Crippen LogP contribution is 2.45. The topological polar surface area (TPSA) is 12.0 Å². The minimum absolute atomic E-state index is 0.410. The molecule has 2 heteroatoms. The normalized spacial score (nSPS) is 28.6. The SMILES string of the molecule is CC(C)CC1(C)CCNCC1c1ccc(Cl)cc1. The summed E-state index contributed by atoms with van der Waals surface area (Å²) in [5.41, 5.74) is 1.84. The number of piperidine rings is 1. The van der Waals surface area contributed by atoms with E-state index in [9.17, 15) is 0 Å². The number of benzene rings is 1. The fourth-order valence-electron chi connectivity index (χ4n) is 3.43. The van der Waals surface area contributed by atoms with E-state index >= 15 is 0 Å². The molecular weight excluding hydrogens is 242 g/mol. The molecule has 1 nitrogen and oxygen atoms in total. The van der Waals surface area contributed by atoms with Crippen LogP contribution in [0.4, 0.5) is 0 Å². The zero-order chi connectivity index (χ0) is 13.2. The molecule has 1 aromatic carbocycles. The lowest BCUT2D eigenvalue weighted by molar-refractivity contribution is 0.151. The van der Waals surface area contributed by atoms with Gasteiger partial charge in [0, 0.05) is 17.5 Å². The molecule has 1 aromatic rings. The quantitative estimate of drug-likeness (QED) is 0.850. The average Bonchev–Trinajstić information content (AvgIpc) is 2.29. The molecule has 2 rings (SSSR count). The van der Waals surface area contributed by atoms with E-state index < -0.39 is 0 Å². The van der Waals surface area contributed by atoms with Crippen molar-refractivity contribution in [1.29, 1.82) is 0 Å². The van der Waals surface area contributed by atoms with Gasteiger partial charge in [-0.1, -0.05) is 44.5 Å². The predicted molar refractivity (Wildman–Crippen MR) is 79.2 cm³/mol. The molecular formula is C16H24ClN. The molecule has 1 N–H and O–H groups in total. The van der Waals surface area contributed by atoms with Crippen LogP contribution in [0.5, 0.6) is 0 Å². The highest BCUT2D eigenvalue weighted by molar-refractivity contribution is 6.30. The van der Waals surface area contributed by atoms with Crippen LogP contribution in [0.3, 0.4) is 0 Å². The smallest absolute Gasteiger partial charge is 0.0406 e. The maximum absolute atomic E-state index is 5.99. The molecule has 0 radical (unpaired) electrons. The van der Waals surface area contributed by atoms with E-state index in [0.717, 1.165) is 24.0 Å². The molecule has 0 amide bonds. The Morgan fingerprint density at radius 3 is 2.61 bits per heavy atom. The monoisotopic (exact) mass is 265 g/mol. The zero-order valence-corrected chi connectivity index (χ0v) is 12.4. The molecule has 1 aliphatic heterocycles. The summed E-state index contributed by atoms with van der Waals surface area (Å²) in [5, 5.41) is 4.37. The minimum atomic E-state index is 0.410. The molecule has 18 heavy (non-hydrogen) atoms. The van der Waals surface area contributed by atoms with Crippen LogP contribution in [-0.4, -0.2) is 13.1 Å². The van der Waals surface area contributed by atoms with Crippen molar-refractivity contribution in [2.45, 2.75) is 39.5 Å². The van der Waals surface area contributed by atoms with Gasteiger partial charge in [-0.15, -0.1) is 0 Å². The van der Waals surface area contributed by atoms with Gasteiger partial charge in [-0.3, -0.25) is 0 Å². The summed E-state index contributed by atoms with van der Waals surface area (Å²) in [5.74, 6) is 1.36. The second-order valence-corrected chi connectivity index (χ2v) is 6.75. The Hall–Kier alpha value is -0.530. The number of hydrogen-bond donors (Lipinski definition) is 1. The minimum Gasteiger partial charge on any atom is -0.316 e. The molecule has 1 fully saturated rings. The van der Waals surface area contributed by atoms with E-state index in [-0.39, 0.29) is 0 Å². The second-order valence-electron chi connectivity index (χ2n) is 6.31. The van der Waals surface area contributed by atoms with Crippen LogP contribution in [0.1, 0.15) is 45.1 Å². The van der Waals surface area contributed by atoms with Gasteiger partial charge in [0.05, 0.1) is 0 Å². The molecule has 100 valence electrons. The van der Waals surface area contributed by atoms with Crippen molar-refractivity contribution < 1.29 is 0 Å². The fraction of sp³-hybridized carbons (Fsp3) is 0.625. The van der Waals surface area contributed by atoms with Gasteiger partial charge in [-0.2, -0.15) is 0 Å². The lowest BCUT2D eigenvalue weighted by atomic mass is 9.65. The molecule has 0 aliphatic carbocycles. The third kappa shape index (κ3) is 3.07. The Bertz CT molecular complexity index is 385. The van der Waals surface area contributed by atoms with Crippen molar-refractivity contribution in [1.82, 2.24) is 5.32 Å². The molecule has 2 atom stereocenters. The van der Waals surface area contributed by atoms with Crippen LogP contribution < -0.4 is 5.32 Å². The maximum Gasteiger partial charge on any atom is 0.0406 e. The van der Waals surface area contributed by atoms with E-state index in [0.29, 0.717) is 11.3 Å². The Labute approximate surface area is 116 Å². The zero-order valence-electron chi connectivity index (χ0n) is 11.7. The van der Waals surface area contributed by atoms with Gasteiger partial charge in [0.2, 0.25) is 0 Å². The van der Waals surface area contributed by atoms with Crippen molar-refractivity contribution in [3.05, 3.63) is 34.9 Å². The van der Waals surface area contributed by atoms with Crippen molar-refractivity contribution >= 4 is 11.6 Å². The highest BCUT2D eigenvalue weighted by atomic mass is 35.5. The molecule has 0 spiro atoms. The Morgan fingerprint density at radius 1 is 1.33 bits per heavy atom. The average molecular weight is 266 g/mol. The largest absolute Gasteiger partial charge is 0.316 e. The van der Waals surface area contributed by atoms with Crippen LogP contribution >= 0.6 is 11.6 Å². The summed E-state index contributed by atoms with van der Waals surface area (Å²) in [4.78, 5) is 0. The predicted octanol–water partition coefficient (Wildman–Crippen LogP) is 4.47. The van der Waals surface area contributed by atoms with Crippen molar-refractivity contribution in [3.8, 4) is 0 Å². The van der Waals surface area contributed by atoms with Crippen LogP contribution in [0.15, 0.2) is 24.3 Å². The number of halogens is 1. The van der Waals surface area contributed by atoms with Crippen molar-refractivity contribution in [3.63, 3.8) is 0 Å². The first-order chi connectivity index (χ1) is 8.51. The van der Waals surface area contributed by atoms with E-state index in [1.54, 1.807) is 0 Å². The fourth-order valence-corrected chi connectivity index (χ4v) is 3.56. The van der Waals surface area contributed by atoms with Gasteiger partial charge in [-0.25, -0.2) is 0 Å². The third-order valence-electron chi connectivity index (χ3n) is 4.21. The van der Waals surface area contributed by atoms with Crippen LogP contribution in [0, 0.1) is 11.3 Å². The molecule has 0 bridgehead atoms. The van der Waals surface area contributed by atoms with Gasteiger partial charge in [-0.05, 0) is 48.4 Å². The van der Waals surface area contributed by atoms with Crippen molar-refractivity contribution in [2.75, 3.05) is 13.1 Å². The Balaban J connectivity index is 2.24. The lowest BCUT2D eigenvalue weighted by Gasteiger charge is -2.43. The lowest BCUT2D eigenvalue weighted by Crippen LogP contribution is -2.42. The summed E-state index contributed by atoms with van der Waals surface area (Å²) in [6.45, 7) is 9.34. The molecule has 1 saturated heterocycles. The second kappa shape index (κ2) is 5.63. The standard InChI is InChI=1S/C16H24ClN/c1-12(2)10-16(3)8-9-18-11-15(16)13-4-6-14(17)7-5-13/h4-7,12,15,18H,8-11H2,1-3H3. The first-order valence-electron chi connectivity index (χ1n) is 6.97. The van der Waals surface area contributed by atoms with Gasteiger partial charge in [0.25, 0.3) is 0 Å². The Kier molecular flexibility index (Phi) is 4.34. The van der Waals surface area contributed by atoms with Gasteiger partial charge in [0.1, 0.15) is 0 Å². The van der Waals surface area contributed by atoms with Crippen molar-refractivity contribution in [2.24, 2.45) is 11.3 Å². The first-order valence-corrected chi connectivity index (χ1v) is 7.35. The maximum atomic E-state index is 5.99. The van der Waals surface area contributed by atoms with Crippen LogP contribution in [0.2, 0.25) is 5.02 Å². The summed E-state index contributed by atoms with van der Waals surface area (Å²) in [6.07, 6.45) is 2.56. The molecule has 2 unspecified atom stereocenters. The number of rotatable bonds is 3. The Morgan fingerprint density at radius 2 is 2.00 bits per heavy atom. The van der Waals surface area contributed by atoms with Gasteiger partial charge >= 0.3 is 0 Å². The summed E-state index contributed by atoms with van der Waals surface area (Å²) < 4.78 is 0. The number of hydrogen-bond acceptors (Lipinski definition) is 1. The number of nitrogens with one attached hydrogen (secondary N) is 1. The van der Waals surface area contributed by atoms with E-state index in [1.165, 1.54) is 18.4 Å². The van der Waals surface area contributed by atoms with E-state index in [4.69, 9.17) is 11.6 Å². The van der Waals surface area contributed by atoms with Crippen LogP contribution in [-0.2, 0) is 0 Å². The van der Waals surface area contributed by atoms with Gasteiger partial charge < -0.3 is 5.32 Å². The summed E-state index contributed by atoms with van der Waals surface area (Å²) in [6, 6.07) is 8.42. The highest BCUT2D eigenvalue weighted by Gasteiger charge is 2.37. The third-order valence-corrected chi connectivity index (χ3v) is 4.46. The summed E-state index contributed by atoms with van der Waals surface area (Å²) >= 11 is 5.99. The van der Waals surface area contributed by atoms with E-state index in [2.05, 4.69) is 38.2 Å². The van der Waals surface area contributed by atoms with E-state index in [1.807, 2.05) is 12.1 Å². The van der Waals surface area contributed by atoms with Gasteiger partial charge in [0.15, 0.2) is 0 Å². The molecule has 0 saturated carbocycles. The first kappa shape index (κ1) is 13.9.